The molecule has 0 unspecified atom stereocenters. The van der Waals surface area contributed by atoms with Gasteiger partial charge in [-0.3, -0.25) is 4.79 Å². The van der Waals surface area contributed by atoms with Gasteiger partial charge in [-0.15, -0.1) is 0 Å². The quantitative estimate of drug-likeness (QED) is 0.433. The summed E-state index contributed by atoms with van der Waals surface area (Å²) >= 11 is 6.05. The number of hydrogen-bond donors (Lipinski definition) is 1. The third-order valence-electron chi connectivity index (χ3n) is 6.29. The Labute approximate surface area is 164 Å². The zero-order chi connectivity index (χ0) is 19.0. The van der Waals surface area contributed by atoms with Crippen molar-refractivity contribution in [2.45, 2.75) is 39.2 Å². The maximum Gasteiger partial charge on any atom is 0.311 e. The molecular weight excluding hydrogens is 366 g/mol. The van der Waals surface area contributed by atoms with E-state index in [9.17, 15) is 4.79 Å². The number of halogens is 1. The van der Waals surface area contributed by atoms with Crippen molar-refractivity contribution in [3.8, 4) is 0 Å². The summed E-state index contributed by atoms with van der Waals surface area (Å²) in [7, 11) is 0. The van der Waals surface area contributed by atoms with E-state index in [-0.39, 0.29) is 23.2 Å². The summed E-state index contributed by atoms with van der Waals surface area (Å²) in [5.74, 6) is 2.76. The number of esters is 1. The summed E-state index contributed by atoms with van der Waals surface area (Å²) in [6.07, 6.45) is 8.64. The summed E-state index contributed by atoms with van der Waals surface area (Å²) in [6, 6.07) is 0.0248. The topological polar surface area (TPSA) is 73.3 Å². The summed E-state index contributed by atoms with van der Waals surface area (Å²) in [4.78, 5) is 21.2. The Hall–Kier alpha value is -1.82. The molecule has 7 heteroatoms. The van der Waals surface area contributed by atoms with Crippen molar-refractivity contribution in [3.63, 3.8) is 0 Å². The van der Waals surface area contributed by atoms with E-state index in [1.807, 2.05) is 19.9 Å². The molecular formula is C20H26ClN3O3. The van der Waals surface area contributed by atoms with Crippen LogP contribution in [0.25, 0.3) is 6.08 Å². The van der Waals surface area contributed by atoms with E-state index in [4.69, 9.17) is 21.1 Å². The van der Waals surface area contributed by atoms with Gasteiger partial charge in [-0.2, -0.15) is 0 Å². The molecule has 4 saturated carbocycles. The number of carbonyl (C=O) groups excluding carboxylic acids is 1. The molecule has 4 fully saturated rings. The van der Waals surface area contributed by atoms with Crippen LogP contribution in [0.1, 0.15) is 38.7 Å². The average molecular weight is 392 g/mol. The molecule has 5 rings (SSSR count). The highest BCUT2D eigenvalue weighted by Crippen LogP contribution is 2.64. The average Bonchev–Trinajstić information content (AvgIpc) is 3.46. The fourth-order valence-corrected chi connectivity index (χ4v) is 5.33. The van der Waals surface area contributed by atoms with Gasteiger partial charge < -0.3 is 14.8 Å². The molecule has 6 nitrogen and oxygen atoms in total. The number of ether oxygens (including phenoxy) is 2. The number of anilines is 1. The summed E-state index contributed by atoms with van der Waals surface area (Å²) in [6.45, 7) is 4.79. The minimum absolute atomic E-state index is 0.0248. The van der Waals surface area contributed by atoms with E-state index in [1.54, 1.807) is 12.5 Å². The molecule has 0 spiro atoms. The Kier molecular flexibility index (Phi) is 5.26. The molecule has 4 aliphatic carbocycles. The van der Waals surface area contributed by atoms with Gasteiger partial charge in [0, 0.05) is 17.8 Å². The molecule has 2 bridgehead atoms. The predicted molar refractivity (Wildman–Crippen MR) is 103 cm³/mol. The van der Waals surface area contributed by atoms with Crippen molar-refractivity contribution in [1.29, 1.82) is 0 Å². The van der Waals surface area contributed by atoms with E-state index in [0.29, 0.717) is 36.8 Å². The molecule has 0 aromatic carbocycles. The second-order valence-electron chi connectivity index (χ2n) is 7.62. The fraction of sp³-hybridized carbons (Fsp3) is 0.650. The highest BCUT2D eigenvalue weighted by molar-refractivity contribution is 6.28. The van der Waals surface area contributed by atoms with Crippen LogP contribution in [-0.4, -0.2) is 35.2 Å². The summed E-state index contributed by atoms with van der Waals surface area (Å²) in [5, 5.41) is 3.74. The third kappa shape index (κ3) is 3.51. The van der Waals surface area contributed by atoms with Gasteiger partial charge in [-0.05, 0) is 74.5 Å². The van der Waals surface area contributed by atoms with E-state index >= 15 is 0 Å². The number of hydrogen-bond acceptors (Lipinski definition) is 6. The molecule has 1 aromatic rings. The first-order chi connectivity index (χ1) is 13.1. The Morgan fingerprint density at radius 3 is 2.81 bits per heavy atom. The van der Waals surface area contributed by atoms with Gasteiger partial charge in [0.05, 0.1) is 25.4 Å². The molecule has 0 saturated heterocycles. The smallest absolute Gasteiger partial charge is 0.311 e. The lowest BCUT2D eigenvalue weighted by Crippen LogP contribution is -2.53. The van der Waals surface area contributed by atoms with E-state index < -0.39 is 0 Å². The maximum atomic E-state index is 12.8. The highest BCUT2D eigenvalue weighted by Gasteiger charge is 2.63. The van der Waals surface area contributed by atoms with E-state index in [2.05, 4.69) is 15.3 Å². The summed E-state index contributed by atoms with van der Waals surface area (Å²) < 4.78 is 10.7. The van der Waals surface area contributed by atoms with Gasteiger partial charge in [0.25, 0.3) is 0 Å². The van der Waals surface area contributed by atoms with Crippen molar-refractivity contribution in [2.75, 3.05) is 18.5 Å². The minimum Gasteiger partial charge on any atom is -0.501 e. The van der Waals surface area contributed by atoms with Crippen LogP contribution in [-0.2, 0) is 14.3 Å². The molecule has 0 amide bonds. The van der Waals surface area contributed by atoms with Crippen LogP contribution in [0, 0.1) is 29.6 Å². The lowest BCUT2D eigenvalue weighted by Gasteiger charge is -2.47. The number of nitrogens with one attached hydrogen (secondary N) is 1. The number of carbonyl (C=O) groups is 1. The third-order valence-corrected chi connectivity index (χ3v) is 6.48. The first-order valence-corrected chi connectivity index (χ1v) is 10.3. The molecule has 1 heterocycles. The minimum atomic E-state index is -0.120. The standard InChI is InChI=1S/C20H26ClN3O3/c1-3-26-8-7-11-10-22-20(21)24-18(11)23-17-13-6-5-12(14-9-15(13)14)16(17)19(25)27-4-2/h7-8,10,12-17H,3-6,9H2,1-2H3,(H,22,23,24)/b8-7+/t12-,13+,14-,15+,16-,17-/m0/s1. The fourth-order valence-electron chi connectivity index (χ4n) is 5.20. The van der Waals surface area contributed by atoms with Crippen LogP contribution in [0.4, 0.5) is 5.82 Å². The molecule has 0 aliphatic heterocycles. The lowest BCUT2D eigenvalue weighted by molar-refractivity contribution is -0.155. The van der Waals surface area contributed by atoms with Crippen LogP contribution in [0.5, 0.6) is 0 Å². The SMILES string of the molecule is CCO/C=C/c1cnc(Cl)nc1N[C@H]1[C@@H]2CC[C@@H]([C@@H]3C[C@@H]32)[C@@H]1C(=O)OCC. The summed E-state index contributed by atoms with van der Waals surface area (Å²) in [5.41, 5.74) is 0.796. The van der Waals surface area contributed by atoms with Crippen molar-refractivity contribution in [3.05, 3.63) is 23.3 Å². The van der Waals surface area contributed by atoms with Gasteiger partial charge >= 0.3 is 5.97 Å². The zero-order valence-electron chi connectivity index (χ0n) is 15.7. The molecule has 1 N–H and O–H groups in total. The molecule has 4 aliphatic rings. The van der Waals surface area contributed by atoms with Crippen molar-refractivity contribution in [1.82, 2.24) is 9.97 Å². The largest absolute Gasteiger partial charge is 0.501 e. The van der Waals surface area contributed by atoms with Crippen LogP contribution >= 0.6 is 11.6 Å². The van der Waals surface area contributed by atoms with Gasteiger partial charge in [0.15, 0.2) is 0 Å². The predicted octanol–water partition coefficient (Wildman–Crippen LogP) is 3.77. The van der Waals surface area contributed by atoms with E-state index in [1.165, 1.54) is 6.42 Å². The number of fused-ring (bicyclic) bond motifs is 2. The Morgan fingerprint density at radius 1 is 1.26 bits per heavy atom. The molecule has 6 atom stereocenters. The molecule has 0 radical (unpaired) electrons. The van der Waals surface area contributed by atoms with Crippen molar-refractivity contribution >= 4 is 29.5 Å². The maximum absolute atomic E-state index is 12.8. The van der Waals surface area contributed by atoms with Crippen molar-refractivity contribution < 1.29 is 14.3 Å². The van der Waals surface area contributed by atoms with Crippen LogP contribution in [0.2, 0.25) is 5.28 Å². The van der Waals surface area contributed by atoms with Gasteiger partial charge in [-0.1, -0.05) is 0 Å². The zero-order valence-corrected chi connectivity index (χ0v) is 16.5. The van der Waals surface area contributed by atoms with E-state index in [0.717, 1.165) is 24.3 Å². The van der Waals surface area contributed by atoms with Gasteiger partial charge in [0.2, 0.25) is 5.28 Å². The normalized spacial score (nSPS) is 33.6. The second-order valence-corrected chi connectivity index (χ2v) is 7.96. The Balaban J connectivity index is 1.62. The number of nitrogens with zero attached hydrogens (tertiary/aromatic N) is 2. The molecule has 27 heavy (non-hydrogen) atoms. The van der Waals surface area contributed by atoms with Crippen molar-refractivity contribution in [2.24, 2.45) is 29.6 Å². The number of rotatable bonds is 7. The monoisotopic (exact) mass is 391 g/mol. The second kappa shape index (κ2) is 7.66. The Bertz CT molecular complexity index is 741. The first kappa shape index (κ1) is 18.5. The number of aromatic nitrogens is 2. The van der Waals surface area contributed by atoms with Crippen LogP contribution in [0.15, 0.2) is 12.5 Å². The molecule has 1 aromatic heterocycles. The highest BCUT2D eigenvalue weighted by atomic mass is 35.5. The molecule has 146 valence electrons. The van der Waals surface area contributed by atoms with Gasteiger partial charge in [-0.25, -0.2) is 9.97 Å². The van der Waals surface area contributed by atoms with Gasteiger partial charge in [0.1, 0.15) is 5.82 Å². The first-order valence-electron chi connectivity index (χ1n) is 9.87. The van der Waals surface area contributed by atoms with Crippen LogP contribution in [0.3, 0.4) is 0 Å². The lowest BCUT2D eigenvalue weighted by atomic mass is 9.61. The Morgan fingerprint density at radius 2 is 2.04 bits per heavy atom. The van der Waals surface area contributed by atoms with Crippen LogP contribution < -0.4 is 5.32 Å².